The Morgan fingerprint density at radius 2 is 1.72 bits per heavy atom. The number of azide groups is 1. The Kier molecular flexibility index (Phi) is 6.82. The van der Waals surface area contributed by atoms with Crippen LogP contribution < -0.4 is 11.2 Å². The Hall–Kier alpha value is -2.54. The summed E-state index contributed by atoms with van der Waals surface area (Å²) in [5.74, 6) is 0. The predicted octanol–water partition coefficient (Wildman–Crippen LogP) is 2.47. The van der Waals surface area contributed by atoms with Crippen LogP contribution in [0.4, 0.5) is 0 Å². The van der Waals surface area contributed by atoms with Gasteiger partial charge in [0, 0.05) is 32.1 Å². The first kappa shape index (κ1) is 18.8. The van der Waals surface area contributed by atoms with Crippen molar-refractivity contribution in [3.8, 4) is 0 Å². The van der Waals surface area contributed by atoms with Crippen LogP contribution in [0, 0.1) is 0 Å². The van der Waals surface area contributed by atoms with Crippen LogP contribution in [-0.2, 0) is 20.6 Å². The number of hydrogen-bond donors (Lipinski definition) is 0. The van der Waals surface area contributed by atoms with E-state index in [1.807, 2.05) is 0 Å². The van der Waals surface area contributed by atoms with Gasteiger partial charge in [-0.25, -0.2) is 9.78 Å². The van der Waals surface area contributed by atoms with Crippen LogP contribution >= 0.6 is 0 Å². The fraction of sp³-hybridized carbons (Fsp3) is 0.688. The van der Waals surface area contributed by atoms with E-state index in [2.05, 4.69) is 15.0 Å². The van der Waals surface area contributed by atoms with Crippen LogP contribution in [0.5, 0.6) is 0 Å². The van der Waals surface area contributed by atoms with Gasteiger partial charge in [-0.2, -0.15) is 0 Å². The highest BCUT2D eigenvalue weighted by Gasteiger charge is 2.14. The number of nitrogens with zero attached hydrogens (tertiary/aromatic N) is 7. The zero-order valence-corrected chi connectivity index (χ0v) is 14.9. The summed E-state index contributed by atoms with van der Waals surface area (Å²) in [5.41, 5.74) is 8.49. The Bertz CT molecular complexity index is 871. The van der Waals surface area contributed by atoms with Gasteiger partial charge in [0.2, 0.25) is 0 Å². The molecule has 0 aromatic carbocycles. The van der Waals surface area contributed by atoms with Gasteiger partial charge in [0.05, 0.1) is 6.33 Å². The summed E-state index contributed by atoms with van der Waals surface area (Å²) in [6.45, 7) is 1.00. The van der Waals surface area contributed by atoms with Crippen LogP contribution in [0.2, 0.25) is 0 Å². The van der Waals surface area contributed by atoms with Crippen LogP contribution in [0.3, 0.4) is 0 Å². The number of aryl methyl sites for hydroxylation is 2. The Morgan fingerprint density at radius 3 is 2.40 bits per heavy atom. The van der Waals surface area contributed by atoms with Gasteiger partial charge in [-0.05, 0) is 18.4 Å². The number of rotatable bonds is 10. The first-order valence-corrected chi connectivity index (χ1v) is 8.69. The van der Waals surface area contributed by atoms with Crippen LogP contribution in [0.1, 0.15) is 44.9 Å². The van der Waals surface area contributed by atoms with Crippen molar-refractivity contribution in [2.45, 2.75) is 51.5 Å². The summed E-state index contributed by atoms with van der Waals surface area (Å²) in [6, 6.07) is 0. The molecule has 9 heteroatoms. The highest BCUT2D eigenvalue weighted by molar-refractivity contribution is 5.69. The quantitative estimate of drug-likeness (QED) is 0.285. The molecular formula is C16H25N7O2. The standard InChI is InChI=1S/C16H25N7O2/c1-21-12-18-14-13(21)15(24)23(16(25)22(14)2)11-9-7-5-3-4-6-8-10-19-20-17/h12H,3-11H2,1-2H3. The molecule has 0 atom stereocenters. The Morgan fingerprint density at radius 1 is 1.08 bits per heavy atom. The van der Waals surface area contributed by atoms with E-state index >= 15 is 0 Å². The lowest BCUT2D eigenvalue weighted by molar-refractivity contribution is 0.520. The fourth-order valence-corrected chi connectivity index (χ4v) is 2.97. The van der Waals surface area contributed by atoms with Crippen molar-refractivity contribution in [3.63, 3.8) is 0 Å². The molecule has 0 unspecified atom stereocenters. The lowest BCUT2D eigenvalue weighted by Gasteiger charge is -2.08. The fourth-order valence-electron chi connectivity index (χ4n) is 2.97. The molecule has 9 nitrogen and oxygen atoms in total. The summed E-state index contributed by atoms with van der Waals surface area (Å²) < 4.78 is 4.40. The molecule has 2 rings (SSSR count). The largest absolute Gasteiger partial charge is 0.332 e. The highest BCUT2D eigenvalue weighted by Crippen LogP contribution is 2.08. The van der Waals surface area contributed by atoms with Gasteiger partial charge in [0.1, 0.15) is 0 Å². The van der Waals surface area contributed by atoms with Gasteiger partial charge >= 0.3 is 5.69 Å². The van der Waals surface area contributed by atoms with Crippen molar-refractivity contribution < 1.29 is 0 Å². The predicted molar refractivity (Wildman–Crippen MR) is 96.5 cm³/mol. The molecule has 0 spiro atoms. The molecule has 0 aliphatic rings. The second-order valence-electron chi connectivity index (χ2n) is 6.26. The summed E-state index contributed by atoms with van der Waals surface area (Å²) >= 11 is 0. The zero-order chi connectivity index (χ0) is 18.2. The number of hydrogen-bond acceptors (Lipinski definition) is 4. The maximum absolute atomic E-state index is 12.5. The maximum atomic E-state index is 12.5. The molecule has 136 valence electrons. The van der Waals surface area contributed by atoms with E-state index in [9.17, 15) is 9.59 Å². The van der Waals surface area contributed by atoms with Crippen molar-refractivity contribution >= 4 is 11.2 Å². The molecule has 0 amide bonds. The monoisotopic (exact) mass is 347 g/mol. The molecule has 0 saturated heterocycles. The number of aromatic nitrogens is 4. The third-order valence-electron chi connectivity index (χ3n) is 4.40. The number of unbranched alkanes of at least 4 members (excludes halogenated alkanes) is 6. The first-order valence-electron chi connectivity index (χ1n) is 8.69. The van der Waals surface area contributed by atoms with Crippen molar-refractivity contribution in [2.24, 2.45) is 19.2 Å². The van der Waals surface area contributed by atoms with Crippen LogP contribution in [0.15, 0.2) is 21.0 Å². The van der Waals surface area contributed by atoms with E-state index in [4.69, 9.17) is 5.53 Å². The topological polar surface area (TPSA) is 111 Å². The van der Waals surface area contributed by atoms with Crippen LogP contribution in [-0.4, -0.2) is 25.2 Å². The number of fused-ring (bicyclic) bond motifs is 1. The number of imidazole rings is 1. The van der Waals surface area contributed by atoms with Crippen molar-refractivity contribution in [3.05, 3.63) is 37.6 Å². The summed E-state index contributed by atoms with van der Waals surface area (Å²) in [5, 5.41) is 3.51. The van der Waals surface area contributed by atoms with E-state index in [1.54, 1.807) is 25.0 Å². The molecule has 2 aromatic rings. The highest BCUT2D eigenvalue weighted by atomic mass is 16.2. The lowest BCUT2D eigenvalue weighted by atomic mass is 10.1. The van der Waals surface area contributed by atoms with Gasteiger partial charge in [0.25, 0.3) is 5.56 Å². The van der Waals surface area contributed by atoms with Gasteiger partial charge in [-0.3, -0.25) is 13.9 Å². The van der Waals surface area contributed by atoms with Gasteiger partial charge in [0.15, 0.2) is 11.2 Å². The van der Waals surface area contributed by atoms with Gasteiger partial charge in [-0.15, -0.1) is 0 Å². The minimum atomic E-state index is -0.311. The Balaban J connectivity index is 1.84. The van der Waals surface area contributed by atoms with Crippen LogP contribution in [0.25, 0.3) is 21.6 Å². The zero-order valence-electron chi connectivity index (χ0n) is 14.9. The van der Waals surface area contributed by atoms with Crippen molar-refractivity contribution in [1.29, 1.82) is 0 Å². The average Bonchev–Trinajstić information content (AvgIpc) is 2.99. The minimum Gasteiger partial charge on any atom is -0.328 e. The molecule has 0 bridgehead atoms. The third kappa shape index (κ3) is 4.51. The lowest BCUT2D eigenvalue weighted by Crippen LogP contribution is -2.39. The molecule has 0 radical (unpaired) electrons. The van der Waals surface area contributed by atoms with E-state index in [0.29, 0.717) is 24.3 Å². The van der Waals surface area contributed by atoms with Crippen molar-refractivity contribution in [2.75, 3.05) is 6.54 Å². The van der Waals surface area contributed by atoms with E-state index in [1.165, 1.54) is 9.13 Å². The van der Waals surface area contributed by atoms with Gasteiger partial charge in [-0.1, -0.05) is 37.2 Å². The first-order chi connectivity index (χ1) is 12.1. The molecule has 0 fully saturated rings. The third-order valence-corrected chi connectivity index (χ3v) is 4.40. The molecule has 2 aromatic heterocycles. The van der Waals surface area contributed by atoms with Crippen molar-refractivity contribution in [1.82, 2.24) is 18.7 Å². The SMILES string of the molecule is Cn1cnc2c1c(=O)n(CCCCCCCCCN=[N+]=[N-])c(=O)n2C. The summed E-state index contributed by atoms with van der Waals surface area (Å²) in [6.07, 6.45) is 8.64. The molecule has 2 heterocycles. The average molecular weight is 347 g/mol. The molecule has 25 heavy (non-hydrogen) atoms. The second-order valence-corrected chi connectivity index (χ2v) is 6.26. The van der Waals surface area contributed by atoms with E-state index in [0.717, 1.165) is 44.9 Å². The van der Waals surface area contributed by atoms with Gasteiger partial charge < -0.3 is 4.57 Å². The molecule has 0 saturated carbocycles. The summed E-state index contributed by atoms with van der Waals surface area (Å²) in [4.78, 5) is 31.7. The Labute approximate surface area is 145 Å². The second kappa shape index (κ2) is 9.08. The molecular weight excluding hydrogens is 322 g/mol. The van der Waals surface area contributed by atoms with E-state index < -0.39 is 0 Å². The maximum Gasteiger partial charge on any atom is 0.332 e. The molecule has 0 aliphatic carbocycles. The normalized spacial score (nSPS) is 11.0. The molecule has 0 N–H and O–H groups in total. The summed E-state index contributed by atoms with van der Waals surface area (Å²) in [7, 11) is 3.40. The molecule has 0 aliphatic heterocycles. The smallest absolute Gasteiger partial charge is 0.328 e. The van der Waals surface area contributed by atoms with E-state index in [-0.39, 0.29) is 11.2 Å². The minimum absolute atomic E-state index is 0.267.